The average Bonchev–Trinajstić information content (AvgIpc) is 3.62. The van der Waals surface area contributed by atoms with E-state index in [1.807, 2.05) is 64.4 Å². The molecule has 3 N–H and O–H groups in total. The van der Waals surface area contributed by atoms with E-state index in [4.69, 9.17) is 9.72 Å². The highest BCUT2D eigenvalue weighted by atomic mass is 32.3. The molecule has 2 atom stereocenters. The number of thiazole rings is 1. The zero-order valence-corrected chi connectivity index (χ0v) is 29.0. The van der Waals surface area contributed by atoms with Crippen molar-refractivity contribution in [3.63, 3.8) is 0 Å². The number of carbonyl (C=O) groups excluding carboxylic acids is 1. The van der Waals surface area contributed by atoms with Gasteiger partial charge in [0.05, 0.1) is 47.5 Å². The predicted octanol–water partition coefficient (Wildman–Crippen LogP) is 6.81. The summed E-state index contributed by atoms with van der Waals surface area (Å²) in [5.41, 5.74) is 3.89. The summed E-state index contributed by atoms with van der Waals surface area (Å²) < 4.78 is 32.7. The molecule has 4 aromatic heterocycles. The summed E-state index contributed by atoms with van der Waals surface area (Å²) >= 11 is 1.51. The fourth-order valence-electron chi connectivity index (χ4n) is 6.01. The van der Waals surface area contributed by atoms with Gasteiger partial charge in [0.15, 0.2) is 0 Å². The predicted molar refractivity (Wildman–Crippen MR) is 184 cm³/mol. The minimum atomic E-state index is -3.43. The average molecular weight is 677 g/mol. The third kappa shape index (κ3) is 6.11. The normalized spacial score (nSPS) is 17.8. The molecule has 1 amide bonds. The number of aryl methyl sites for hydroxylation is 3. The molecule has 0 saturated heterocycles. The van der Waals surface area contributed by atoms with Crippen LogP contribution in [0.3, 0.4) is 0 Å². The summed E-state index contributed by atoms with van der Waals surface area (Å²) in [6.07, 6.45) is 5.24. The molecule has 47 heavy (non-hydrogen) atoms. The highest BCUT2D eigenvalue weighted by Gasteiger charge is 2.43. The highest BCUT2D eigenvalue weighted by Crippen LogP contribution is 2.57. The SMILES string of the molecule is CCC1CN(Cc2nc(C(c3ccc4c(nnn4CC)c3C)C(C)(C)C(=O)Nc3cccnc3)sc2C)S(O)(O)c2cccnc2O1. The molecule has 5 heterocycles. The zero-order chi connectivity index (χ0) is 33.5. The summed E-state index contributed by atoms with van der Waals surface area (Å²) in [5, 5.41) is 12.6. The van der Waals surface area contributed by atoms with Gasteiger partial charge < -0.3 is 10.1 Å². The quantitative estimate of drug-likeness (QED) is 0.152. The Hall–Kier alpha value is -3.95. The summed E-state index contributed by atoms with van der Waals surface area (Å²) in [6, 6.07) is 11.0. The summed E-state index contributed by atoms with van der Waals surface area (Å²) in [6.45, 7) is 13.0. The number of hydrogen-bond donors (Lipinski definition) is 3. The number of hydrogen-bond acceptors (Lipinski definition) is 11. The van der Waals surface area contributed by atoms with Crippen LogP contribution in [-0.2, 0) is 17.9 Å². The number of benzene rings is 1. The van der Waals surface area contributed by atoms with Crippen LogP contribution in [0.5, 0.6) is 5.88 Å². The second-order valence-corrected chi connectivity index (χ2v) is 15.5. The van der Waals surface area contributed by atoms with Crippen molar-refractivity contribution >= 4 is 44.7 Å². The number of ether oxygens (including phenoxy) is 1. The number of amides is 1. The number of anilines is 1. The fraction of sp³-hybridized carbons (Fsp3) is 0.394. The Morgan fingerprint density at radius 2 is 1.96 bits per heavy atom. The molecule has 0 saturated carbocycles. The first-order valence-corrected chi connectivity index (χ1v) is 17.9. The highest BCUT2D eigenvalue weighted by molar-refractivity contribution is 8.22. The van der Waals surface area contributed by atoms with E-state index in [0.29, 0.717) is 24.3 Å². The molecule has 0 fully saturated rings. The molecule has 0 aliphatic carbocycles. The number of pyridine rings is 2. The molecule has 1 aliphatic heterocycles. The van der Waals surface area contributed by atoms with Gasteiger partial charge in [-0.3, -0.25) is 18.9 Å². The molecule has 0 bridgehead atoms. The van der Waals surface area contributed by atoms with Crippen LogP contribution in [-0.4, -0.2) is 61.9 Å². The van der Waals surface area contributed by atoms with Crippen molar-refractivity contribution in [2.75, 3.05) is 11.9 Å². The van der Waals surface area contributed by atoms with Crippen LogP contribution < -0.4 is 10.1 Å². The van der Waals surface area contributed by atoms with Gasteiger partial charge in [0.25, 0.3) is 0 Å². The van der Waals surface area contributed by atoms with E-state index in [1.165, 1.54) is 11.3 Å². The number of nitrogens with zero attached hydrogens (tertiary/aromatic N) is 7. The summed E-state index contributed by atoms with van der Waals surface area (Å²) in [7, 11) is -3.43. The van der Waals surface area contributed by atoms with Gasteiger partial charge in [0, 0.05) is 23.8 Å². The lowest BCUT2D eigenvalue weighted by Crippen LogP contribution is -2.37. The minimum Gasteiger partial charge on any atom is -0.472 e. The standard InChI is InChI=1S/C33H40N8O4S2/c1-7-23-18-40(47(43,44)27-12-10-16-35-30(27)45-23)19-25-21(4)46-31(37-25)28(33(5,6)32(42)36-22-11-9-15-34-17-22)24-13-14-26-29(20(24)3)38-39-41(26)8-2/h9-17,23,28,43-44H,7-8,18-19H2,1-6H3,(H,36,42). The smallest absolute Gasteiger partial charge is 0.239 e. The van der Waals surface area contributed by atoms with Crippen molar-refractivity contribution in [1.82, 2.24) is 34.3 Å². The lowest BCUT2D eigenvalue weighted by Gasteiger charge is -2.41. The topological polar surface area (TPSA) is 151 Å². The molecule has 5 aromatic rings. The van der Waals surface area contributed by atoms with Crippen LogP contribution in [0, 0.1) is 19.3 Å². The minimum absolute atomic E-state index is 0.177. The van der Waals surface area contributed by atoms with Gasteiger partial charge in [-0.1, -0.05) is 32.1 Å². The lowest BCUT2D eigenvalue weighted by atomic mass is 9.73. The fourth-order valence-corrected chi connectivity index (χ4v) is 8.80. The van der Waals surface area contributed by atoms with E-state index in [0.717, 1.165) is 32.0 Å². The van der Waals surface area contributed by atoms with E-state index < -0.39 is 22.1 Å². The first kappa shape index (κ1) is 33.0. The van der Waals surface area contributed by atoms with Crippen LogP contribution in [0.15, 0.2) is 59.9 Å². The molecular formula is C33H40N8O4S2. The number of aromatic nitrogens is 6. The van der Waals surface area contributed by atoms with Crippen molar-refractivity contribution in [2.24, 2.45) is 5.41 Å². The Balaban J connectivity index is 1.43. The maximum atomic E-state index is 14.1. The van der Waals surface area contributed by atoms with E-state index in [9.17, 15) is 13.9 Å². The van der Waals surface area contributed by atoms with Gasteiger partial charge in [-0.25, -0.2) is 14.6 Å². The molecule has 12 nitrogen and oxygen atoms in total. The van der Waals surface area contributed by atoms with Gasteiger partial charge in [-0.05, 0) is 68.7 Å². The largest absolute Gasteiger partial charge is 0.472 e. The zero-order valence-electron chi connectivity index (χ0n) is 27.3. The van der Waals surface area contributed by atoms with E-state index >= 15 is 0 Å². The number of fused-ring (bicyclic) bond motifs is 2. The van der Waals surface area contributed by atoms with Gasteiger partial charge in [0.2, 0.25) is 11.8 Å². The van der Waals surface area contributed by atoms with Gasteiger partial charge in [-0.2, -0.15) is 4.31 Å². The Kier molecular flexibility index (Phi) is 9.06. The molecule has 1 aliphatic rings. The van der Waals surface area contributed by atoms with Crippen molar-refractivity contribution in [3.05, 3.63) is 81.7 Å². The van der Waals surface area contributed by atoms with Crippen LogP contribution >= 0.6 is 22.1 Å². The second-order valence-electron chi connectivity index (χ2n) is 12.3. The molecule has 6 rings (SSSR count). The maximum Gasteiger partial charge on any atom is 0.239 e. The first-order chi connectivity index (χ1) is 22.4. The number of rotatable bonds is 9. The monoisotopic (exact) mass is 676 g/mol. The Morgan fingerprint density at radius 1 is 1.17 bits per heavy atom. The number of carbonyl (C=O) groups is 1. The van der Waals surface area contributed by atoms with Crippen molar-refractivity contribution in [3.8, 4) is 5.88 Å². The summed E-state index contributed by atoms with van der Waals surface area (Å²) in [4.78, 5) is 28.9. The van der Waals surface area contributed by atoms with E-state index in [-0.39, 0.29) is 35.9 Å². The lowest BCUT2D eigenvalue weighted by molar-refractivity contribution is -0.124. The van der Waals surface area contributed by atoms with Crippen molar-refractivity contribution in [1.29, 1.82) is 0 Å². The van der Waals surface area contributed by atoms with Crippen LogP contribution in [0.1, 0.15) is 66.7 Å². The van der Waals surface area contributed by atoms with Crippen LogP contribution in [0.25, 0.3) is 11.0 Å². The Morgan fingerprint density at radius 3 is 2.68 bits per heavy atom. The third-order valence-electron chi connectivity index (χ3n) is 8.83. The second kappa shape index (κ2) is 12.9. The van der Waals surface area contributed by atoms with Crippen LogP contribution in [0.2, 0.25) is 0 Å². The molecule has 1 aromatic carbocycles. The van der Waals surface area contributed by atoms with Gasteiger partial charge >= 0.3 is 0 Å². The molecule has 14 heteroatoms. The van der Waals surface area contributed by atoms with Crippen molar-refractivity contribution in [2.45, 2.75) is 78.0 Å². The maximum absolute atomic E-state index is 14.1. The van der Waals surface area contributed by atoms with E-state index in [2.05, 4.69) is 25.6 Å². The molecule has 248 valence electrons. The molecular weight excluding hydrogens is 637 g/mol. The summed E-state index contributed by atoms with van der Waals surface area (Å²) in [5.74, 6) is -0.408. The molecule has 0 spiro atoms. The number of nitrogens with one attached hydrogen (secondary N) is 1. The molecule has 2 unspecified atom stereocenters. The van der Waals surface area contributed by atoms with Gasteiger partial charge in [-0.15, -0.1) is 27.2 Å². The first-order valence-electron chi connectivity index (χ1n) is 15.6. The third-order valence-corrected chi connectivity index (χ3v) is 11.8. The van der Waals surface area contributed by atoms with Crippen LogP contribution in [0.4, 0.5) is 5.69 Å². The Bertz CT molecular complexity index is 1910. The van der Waals surface area contributed by atoms with Gasteiger partial charge in [0.1, 0.15) is 21.5 Å². The van der Waals surface area contributed by atoms with E-state index in [1.54, 1.807) is 41.1 Å². The van der Waals surface area contributed by atoms with Crippen molar-refractivity contribution < 1.29 is 18.6 Å². The molecule has 0 radical (unpaired) electrons. The Labute approximate surface area is 279 Å².